The first-order valence-electron chi connectivity index (χ1n) is 6.31. The van der Waals surface area contributed by atoms with Crippen molar-refractivity contribution in [2.45, 2.75) is 45.8 Å². The van der Waals surface area contributed by atoms with E-state index in [2.05, 4.69) is 5.10 Å². The van der Waals surface area contributed by atoms with E-state index in [-0.39, 0.29) is 18.2 Å². The van der Waals surface area contributed by atoms with Crippen LogP contribution in [-0.2, 0) is 16.5 Å². The normalized spacial score (nSPS) is 23.3. The Labute approximate surface area is 107 Å². The summed E-state index contributed by atoms with van der Waals surface area (Å²) in [4.78, 5) is 12.0. The molecule has 0 saturated carbocycles. The van der Waals surface area contributed by atoms with E-state index in [1.54, 1.807) is 4.68 Å². The Morgan fingerprint density at radius 2 is 2.22 bits per heavy atom. The van der Waals surface area contributed by atoms with Crippen LogP contribution in [0.15, 0.2) is 0 Å². The molecule has 1 fully saturated rings. The van der Waals surface area contributed by atoms with E-state index < -0.39 is 0 Å². The molecule has 0 bridgehead atoms. The van der Waals surface area contributed by atoms with Gasteiger partial charge in [-0.15, -0.1) is 0 Å². The molecular formula is C13H20N2O3. The van der Waals surface area contributed by atoms with Gasteiger partial charge in [0.05, 0.1) is 17.9 Å². The lowest BCUT2D eigenvalue weighted by atomic mass is 10.2. The molecule has 2 rings (SSSR count). The summed E-state index contributed by atoms with van der Waals surface area (Å²) in [5.74, 6) is -0.304. The predicted molar refractivity (Wildman–Crippen MR) is 66.5 cm³/mol. The fourth-order valence-electron chi connectivity index (χ4n) is 2.32. The van der Waals surface area contributed by atoms with Crippen LogP contribution in [0.2, 0.25) is 0 Å². The molecule has 1 aliphatic heterocycles. The summed E-state index contributed by atoms with van der Waals surface area (Å²) < 4.78 is 12.6. The largest absolute Gasteiger partial charge is 0.459 e. The molecule has 1 saturated heterocycles. The molecule has 0 amide bonds. The zero-order valence-corrected chi connectivity index (χ0v) is 11.4. The number of esters is 1. The predicted octanol–water partition coefficient (Wildman–Crippen LogP) is 1.76. The molecule has 5 heteroatoms. The van der Waals surface area contributed by atoms with Crippen molar-refractivity contribution in [1.82, 2.24) is 9.78 Å². The number of carbonyl (C=O) groups excluding carboxylic acids is 1. The van der Waals surface area contributed by atoms with Gasteiger partial charge in [-0.2, -0.15) is 5.10 Å². The van der Waals surface area contributed by atoms with Gasteiger partial charge in [-0.3, -0.25) is 4.68 Å². The highest BCUT2D eigenvalue weighted by molar-refractivity contribution is 5.91. The Morgan fingerprint density at radius 1 is 1.50 bits per heavy atom. The smallest absolute Gasteiger partial charge is 0.341 e. The number of nitrogens with zero attached hydrogens (tertiary/aromatic N) is 2. The van der Waals surface area contributed by atoms with Crippen molar-refractivity contribution in [2.75, 3.05) is 6.61 Å². The van der Waals surface area contributed by atoms with Crippen LogP contribution in [0.25, 0.3) is 0 Å². The molecule has 1 aliphatic rings. The Balaban J connectivity index is 1.95. The highest BCUT2D eigenvalue weighted by Crippen LogP contribution is 2.20. The Bertz CT molecular complexity index is 453. The highest BCUT2D eigenvalue weighted by Gasteiger charge is 2.25. The molecule has 0 aliphatic carbocycles. The van der Waals surface area contributed by atoms with Gasteiger partial charge in [0.1, 0.15) is 12.2 Å². The average molecular weight is 252 g/mol. The van der Waals surface area contributed by atoms with Crippen molar-refractivity contribution in [1.29, 1.82) is 0 Å². The second kappa shape index (κ2) is 5.10. The third-order valence-corrected chi connectivity index (χ3v) is 3.43. The summed E-state index contributed by atoms with van der Waals surface area (Å²) >= 11 is 0. The van der Waals surface area contributed by atoms with Gasteiger partial charge in [0.2, 0.25) is 0 Å². The molecule has 2 unspecified atom stereocenters. The van der Waals surface area contributed by atoms with Gasteiger partial charge in [0.25, 0.3) is 0 Å². The van der Waals surface area contributed by atoms with Crippen molar-refractivity contribution in [3.8, 4) is 0 Å². The first kappa shape index (κ1) is 13.1. The second-order valence-electron chi connectivity index (χ2n) is 4.91. The summed E-state index contributed by atoms with van der Waals surface area (Å²) in [6.07, 6.45) is 2.31. The van der Waals surface area contributed by atoms with Crippen molar-refractivity contribution >= 4 is 5.97 Å². The summed E-state index contributed by atoms with van der Waals surface area (Å²) in [5, 5.41) is 4.21. The Kier molecular flexibility index (Phi) is 3.71. The zero-order valence-electron chi connectivity index (χ0n) is 11.4. The van der Waals surface area contributed by atoms with Crippen LogP contribution in [0.1, 0.15) is 41.5 Å². The Morgan fingerprint density at radius 3 is 2.72 bits per heavy atom. The topological polar surface area (TPSA) is 53.4 Å². The number of rotatable bonds is 3. The van der Waals surface area contributed by atoms with Crippen LogP contribution >= 0.6 is 0 Å². The summed E-state index contributed by atoms with van der Waals surface area (Å²) in [6, 6.07) is 0. The first-order chi connectivity index (χ1) is 8.49. The van der Waals surface area contributed by atoms with E-state index in [4.69, 9.17) is 9.47 Å². The van der Waals surface area contributed by atoms with Crippen molar-refractivity contribution in [2.24, 2.45) is 7.05 Å². The lowest BCUT2D eigenvalue weighted by molar-refractivity contribution is -0.00275. The summed E-state index contributed by atoms with van der Waals surface area (Å²) in [5.41, 5.74) is 2.11. The van der Waals surface area contributed by atoms with Crippen LogP contribution in [-0.4, -0.2) is 34.6 Å². The second-order valence-corrected chi connectivity index (χ2v) is 4.91. The Hall–Kier alpha value is -1.36. The lowest BCUT2D eigenvalue weighted by Gasteiger charge is -2.11. The van der Waals surface area contributed by atoms with E-state index >= 15 is 0 Å². The van der Waals surface area contributed by atoms with E-state index in [9.17, 15) is 4.79 Å². The molecule has 2 heterocycles. The lowest BCUT2D eigenvalue weighted by Crippen LogP contribution is -2.19. The van der Waals surface area contributed by atoms with E-state index in [1.165, 1.54) is 0 Å². The molecule has 100 valence electrons. The van der Waals surface area contributed by atoms with E-state index in [0.717, 1.165) is 18.5 Å². The standard InChI is InChI=1S/C13H20N2O3/c1-8-5-6-11(18-8)7-17-13(16)12-9(2)14-15(4)10(12)3/h8,11H,5-7H2,1-4H3. The molecule has 18 heavy (non-hydrogen) atoms. The van der Waals surface area contributed by atoms with Crippen LogP contribution in [0, 0.1) is 13.8 Å². The zero-order chi connectivity index (χ0) is 13.3. The number of hydrogen-bond acceptors (Lipinski definition) is 4. The number of aryl methyl sites for hydroxylation is 2. The molecule has 5 nitrogen and oxygen atoms in total. The van der Waals surface area contributed by atoms with Crippen molar-refractivity contribution in [3.63, 3.8) is 0 Å². The van der Waals surface area contributed by atoms with Crippen LogP contribution in [0.3, 0.4) is 0 Å². The highest BCUT2D eigenvalue weighted by atomic mass is 16.6. The SMILES string of the molecule is Cc1nn(C)c(C)c1C(=O)OCC1CCC(C)O1. The maximum absolute atomic E-state index is 12.0. The van der Waals surface area contributed by atoms with Gasteiger partial charge in [-0.05, 0) is 33.6 Å². The molecular weight excluding hydrogens is 232 g/mol. The minimum Gasteiger partial charge on any atom is -0.459 e. The van der Waals surface area contributed by atoms with Crippen molar-refractivity contribution < 1.29 is 14.3 Å². The minimum atomic E-state index is -0.304. The fraction of sp³-hybridized carbons (Fsp3) is 0.692. The van der Waals surface area contributed by atoms with Crippen LogP contribution in [0.5, 0.6) is 0 Å². The van der Waals surface area contributed by atoms with Gasteiger partial charge in [-0.25, -0.2) is 4.79 Å². The summed E-state index contributed by atoms with van der Waals surface area (Å²) in [7, 11) is 1.82. The molecule has 0 aromatic carbocycles. The third-order valence-electron chi connectivity index (χ3n) is 3.43. The van der Waals surface area contributed by atoms with Gasteiger partial charge in [0.15, 0.2) is 0 Å². The van der Waals surface area contributed by atoms with Crippen molar-refractivity contribution in [3.05, 3.63) is 17.0 Å². The van der Waals surface area contributed by atoms with Gasteiger partial charge in [-0.1, -0.05) is 0 Å². The van der Waals surface area contributed by atoms with Crippen LogP contribution in [0.4, 0.5) is 0 Å². The number of aromatic nitrogens is 2. The fourth-order valence-corrected chi connectivity index (χ4v) is 2.32. The first-order valence-corrected chi connectivity index (χ1v) is 6.31. The molecule has 0 radical (unpaired) electrons. The van der Waals surface area contributed by atoms with Gasteiger partial charge >= 0.3 is 5.97 Å². The van der Waals surface area contributed by atoms with Crippen LogP contribution < -0.4 is 0 Å². The van der Waals surface area contributed by atoms with Gasteiger partial charge < -0.3 is 9.47 Å². The van der Waals surface area contributed by atoms with Gasteiger partial charge in [0, 0.05) is 12.7 Å². The molecule has 0 N–H and O–H groups in total. The quantitative estimate of drug-likeness (QED) is 0.769. The maximum atomic E-state index is 12.0. The van der Waals surface area contributed by atoms with E-state index in [1.807, 2.05) is 27.8 Å². The third kappa shape index (κ3) is 2.56. The minimum absolute atomic E-state index is 0.0428. The monoisotopic (exact) mass is 252 g/mol. The average Bonchev–Trinajstić information content (AvgIpc) is 2.82. The number of hydrogen-bond donors (Lipinski definition) is 0. The molecule has 1 aromatic heterocycles. The molecule has 0 spiro atoms. The maximum Gasteiger partial charge on any atom is 0.341 e. The summed E-state index contributed by atoms with van der Waals surface area (Å²) in [6.45, 7) is 6.05. The number of carbonyl (C=O) groups is 1. The number of ether oxygens (including phenoxy) is 2. The molecule has 1 aromatic rings. The van der Waals surface area contributed by atoms with E-state index in [0.29, 0.717) is 17.9 Å². The molecule has 2 atom stereocenters.